The van der Waals surface area contributed by atoms with Crippen LogP contribution in [0.3, 0.4) is 0 Å². The molecule has 1 saturated carbocycles. The number of hydrogen-bond acceptors (Lipinski definition) is 3. The van der Waals surface area contributed by atoms with Crippen molar-refractivity contribution in [1.82, 2.24) is 0 Å². The Labute approximate surface area is 140 Å². The summed E-state index contributed by atoms with van der Waals surface area (Å²) in [6, 6.07) is 13.2. The minimum Gasteiger partial charge on any atom is -0.495 e. The smallest absolute Gasteiger partial charge is 0.235 e. The van der Waals surface area contributed by atoms with E-state index >= 15 is 0 Å². The van der Waals surface area contributed by atoms with Gasteiger partial charge in [-0.3, -0.25) is 4.79 Å². The summed E-state index contributed by atoms with van der Waals surface area (Å²) >= 11 is 6.16. The van der Waals surface area contributed by atoms with Crippen LogP contribution in [0, 0.1) is 0 Å². The summed E-state index contributed by atoms with van der Waals surface area (Å²) in [4.78, 5) is 12.8. The van der Waals surface area contributed by atoms with E-state index in [9.17, 15) is 4.79 Å². The van der Waals surface area contributed by atoms with Gasteiger partial charge in [0, 0.05) is 6.07 Å². The van der Waals surface area contributed by atoms with Gasteiger partial charge in [-0.25, -0.2) is 0 Å². The van der Waals surface area contributed by atoms with Crippen LogP contribution in [0.5, 0.6) is 11.5 Å². The largest absolute Gasteiger partial charge is 0.495 e. The SMILES string of the molecule is COc1cc(OC)c(NC(=O)C2(c3ccccc3)CC2)cc1Cl. The molecule has 0 saturated heterocycles. The standard InChI is InChI=1S/C18H18ClNO3/c1-22-15-11-16(23-2)14(10-13(15)19)20-17(21)18(8-9-18)12-6-4-3-5-7-12/h3-7,10-11H,8-9H2,1-2H3,(H,20,21). The molecule has 1 fully saturated rings. The minimum atomic E-state index is -0.446. The molecule has 3 rings (SSSR count). The number of amides is 1. The monoisotopic (exact) mass is 331 g/mol. The molecule has 4 nitrogen and oxygen atoms in total. The predicted octanol–water partition coefficient (Wildman–Crippen LogP) is 4.03. The van der Waals surface area contributed by atoms with Crippen LogP contribution in [0.15, 0.2) is 42.5 Å². The van der Waals surface area contributed by atoms with E-state index in [-0.39, 0.29) is 5.91 Å². The first kappa shape index (κ1) is 15.7. The maximum absolute atomic E-state index is 12.8. The van der Waals surface area contributed by atoms with Crippen LogP contribution in [-0.2, 0) is 10.2 Å². The number of benzene rings is 2. The number of hydrogen-bond donors (Lipinski definition) is 1. The highest BCUT2D eigenvalue weighted by Gasteiger charge is 2.51. The maximum Gasteiger partial charge on any atom is 0.235 e. The lowest BCUT2D eigenvalue weighted by atomic mass is 9.95. The summed E-state index contributed by atoms with van der Waals surface area (Å²) in [5, 5.41) is 3.38. The van der Waals surface area contributed by atoms with Crippen LogP contribution in [0.1, 0.15) is 18.4 Å². The second-order valence-electron chi connectivity index (χ2n) is 5.59. The lowest BCUT2D eigenvalue weighted by molar-refractivity contribution is -0.118. The number of halogens is 1. The summed E-state index contributed by atoms with van der Waals surface area (Å²) < 4.78 is 10.5. The summed E-state index contributed by atoms with van der Waals surface area (Å²) in [6.45, 7) is 0. The van der Waals surface area contributed by atoms with Gasteiger partial charge in [0.05, 0.1) is 30.3 Å². The van der Waals surface area contributed by atoms with Crippen molar-refractivity contribution in [3.8, 4) is 11.5 Å². The number of ether oxygens (including phenoxy) is 2. The first-order valence-corrected chi connectivity index (χ1v) is 7.77. The fourth-order valence-electron chi connectivity index (χ4n) is 2.73. The number of rotatable bonds is 5. The molecule has 0 atom stereocenters. The van der Waals surface area contributed by atoms with E-state index in [1.165, 1.54) is 7.11 Å². The average Bonchev–Trinajstić information content (AvgIpc) is 3.38. The van der Waals surface area contributed by atoms with Gasteiger partial charge in [0.1, 0.15) is 11.5 Å². The lowest BCUT2D eigenvalue weighted by Crippen LogP contribution is -2.28. The van der Waals surface area contributed by atoms with Crippen LogP contribution >= 0.6 is 11.6 Å². The molecule has 2 aromatic rings. The third kappa shape index (κ3) is 2.86. The highest BCUT2D eigenvalue weighted by atomic mass is 35.5. The number of carbonyl (C=O) groups excluding carboxylic acids is 1. The van der Waals surface area contributed by atoms with E-state index in [4.69, 9.17) is 21.1 Å². The highest BCUT2D eigenvalue weighted by molar-refractivity contribution is 6.32. The third-order valence-electron chi connectivity index (χ3n) is 4.23. The van der Waals surface area contributed by atoms with Gasteiger partial charge in [-0.05, 0) is 24.5 Å². The fourth-order valence-corrected chi connectivity index (χ4v) is 2.97. The van der Waals surface area contributed by atoms with Crippen LogP contribution in [0.25, 0.3) is 0 Å². The van der Waals surface area contributed by atoms with Gasteiger partial charge in [-0.1, -0.05) is 41.9 Å². The molecule has 5 heteroatoms. The zero-order valence-electron chi connectivity index (χ0n) is 13.1. The topological polar surface area (TPSA) is 47.6 Å². The Morgan fingerprint density at radius 2 is 1.74 bits per heavy atom. The van der Waals surface area contributed by atoms with E-state index in [1.54, 1.807) is 19.2 Å². The van der Waals surface area contributed by atoms with Gasteiger partial charge in [0.2, 0.25) is 5.91 Å². The molecule has 1 N–H and O–H groups in total. The first-order chi connectivity index (χ1) is 11.1. The number of anilines is 1. The van der Waals surface area contributed by atoms with E-state index in [2.05, 4.69) is 5.32 Å². The van der Waals surface area contributed by atoms with Crippen LogP contribution < -0.4 is 14.8 Å². The second-order valence-corrected chi connectivity index (χ2v) is 6.00. The van der Waals surface area contributed by atoms with Crippen molar-refractivity contribution in [1.29, 1.82) is 0 Å². The van der Waals surface area contributed by atoms with Crippen molar-refractivity contribution in [2.24, 2.45) is 0 Å². The van der Waals surface area contributed by atoms with Crippen molar-refractivity contribution in [3.05, 3.63) is 53.1 Å². The average molecular weight is 332 g/mol. The van der Waals surface area contributed by atoms with Gasteiger partial charge in [-0.15, -0.1) is 0 Å². The summed E-state index contributed by atoms with van der Waals surface area (Å²) in [6.07, 6.45) is 1.68. The third-order valence-corrected chi connectivity index (χ3v) is 4.53. The molecular formula is C18H18ClNO3. The Balaban J connectivity index is 1.88. The van der Waals surface area contributed by atoms with Gasteiger partial charge < -0.3 is 14.8 Å². The van der Waals surface area contributed by atoms with Crippen molar-refractivity contribution >= 4 is 23.2 Å². The molecule has 0 radical (unpaired) electrons. The Bertz CT molecular complexity index is 727. The molecule has 0 spiro atoms. The Kier molecular flexibility index (Phi) is 4.18. The molecule has 2 aromatic carbocycles. The maximum atomic E-state index is 12.8. The van der Waals surface area contributed by atoms with Crippen molar-refractivity contribution in [2.75, 3.05) is 19.5 Å². The second kappa shape index (κ2) is 6.13. The molecule has 0 heterocycles. The Morgan fingerprint density at radius 1 is 1.09 bits per heavy atom. The van der Waals surface area contributed by atoms with Crippen molar-refractivity contribution < 1.29 is 14.3 Å². The van der Waals surface area contributed by atoms with Crippen LogP contribution in [0.4, 0.5) is 5.69 Å². The van der Waals surface area contributed by atoms with Gasteiger partial charge >= 0.3 is 0 Å². The highest BCUT2D eigenvalue weighted by Crippen LogP contribution is 2.49. The predicted molar refractivity (Wildman–Crippen MR) is 90.5 cm³/mol. The van der Waals surface area contributed by atoms with Gasteiger partial charge in [-0.2, -0.15) is 0 Å². The Hall–Kier alpha value is -2.20. The normalized spacial score (nSPS) is 14.9. The van der Waals surface area contributed by atoms with Gasteiger partial charge in [0.25, 0.3) is 0 Å². The number of methoxy groups -OCH3 is 2. The van der Waals surface area contributed by atoms with E-state index < -0.39 is 5.41 Å². The summed E-state index contributed by atoms with van der Waals surface area (Å²) in [7, 11) is 3.08. The molecule has 0 unspecified atom stereocenters. The minimum absolute atomic E-state index is 0.0387. The van der Waals surface area contributed by atoms with E-state index in [0.717, 1.165) is 18.4 Å². The molecule has 1 aliphatic rings. The zero-order valence-corrected chi connectivity index (χ0v) is 13.8. The lowest BCUT2D eigenvalue weighted by Gasteiger charge is -2.18. The van der Waals surface area contributed by atoms with Crippen molar-refractivity contribution in [2.45, 2.75) is 18.3 Å². The fraction of sp³-hybridized carbons (Fsp3) is 0.278. The number of nitrogens with one attached hydrogen (secondary N) is 1. The van der Waals surface area contributed by atoms with Crippen LogP contribution in [-0.4, -0.2) is 20.1 Å². The molecule has 23 heavy (non-hydrogen) atoms. The number of carbonyl (C=O) groups is 1. The summed E-state index contributed by atoms with van der Waals surface area (Å²) in [5.74, 6) is 0.984. The van der Waals surface area contributed by atoms with E-state index in [0.29, 0.717) is 22.2 Å². The molecule has 1 amide bonds. The molecule has 0 bridgehead atoms. The van der Waals surface area contributed by atoms with Crippen molar-refractivity contribution in [3.63, 3.8) is 0 Å². The van der Waals surface area contributed by atoms with E-state index in [1.807, 2.05) is 30.3 Å². The van der Waals surface area contributed by atoms with Crippen LogP contribution in [0.2, 0.25) is 5.02 Å². The molecule has 0 aromatic heterocycles. The first-order valence-electron chi connectivity index (χ1n) is 7.39. The molecule has 0 aliphatic heterocycles. The molecular weight excluding hydrogens is 314 g/mol. The molecule has 120 valence electrons. The quantitative estimate of drug-likeness (QED) is 0.900. The summed E-state index contributed by atoms with van der Waals surface area (Å²) in [5.41, 5.74) is 1.14. The van der Waals surface area contributed by atoms with Gasteiger partial charge in [0.15, 0.2) is 0 Å². The molecule has 1 aliphatic carbocycles. The Morgan fingerprint density at radius 3 is 2.30 bits per heavy atom. The zero-order chi connectivity index (χ0) is 16.4.